The Morgan fingerprint density at radius 3 is 2.65 bits per heavy atom. The molecule has 0 aliphatic heterocycles. The third-order valence-corrected chi connectivity index (χ3v) is 3.84. The highest BCUT2D eigenvalue weighted by Gasteiger charge is 2.08. The number of hydrogen-bond acceptors (Lipinski definition) is 5. The van der Waals surface area contributed by atoms with Crippen molar-refractivity contribution in [3.8, 4) is 0 Å². The minimum Gasteiger partial charge on any atom is -0.416 e. The van der Waals surface area contributed by atoms with Crippen LogP contribution in [0.5, 0.6) is 0 Å². The largest absolute Gasteiger partial charge is 0.416 e. The van der Waals surface area contributed by atoms with Crippen molar-refractivity contribution in [1.29, 1.82) is 0 Å². The van der Waals surface area contributed by atoms with Gasteiger partial charge in [0.25, 0.3) is 5.22 Å². The molecule has 108 valence electrons. The van der Waals surface area contributed by atoms with E-state index in [0.717, 1.165) is 18.0 Å². The average molecular weight is 291 g/mol. The van der Waals surface area contributed by atoms with Gasteiger partial charge in [-0.25, -0.2) is 0 Å². The molecule has 4 nitrogen and oxygen atoms in total. The molecule has 0 aliphatic rings. The second kappa shape index (κ2) is 6.90. The van der Waals surface area contributed by atoms with Crippen LogP contribution in [0.1, 0.15) is 30.9 Å². The minimum atomic E-state index is 0.594. The summed E-state index contributed by atoms with van der Waals surface area (Å²) in [5.41, 5.74) is 2.53. The van der Waals surface area contributed by atoms with Crippen molar-refractivity contribution in [2.45, 2.75) is 44.4 Å². The normalized spacial score (nSPS) is 11.2. The van der Waals surface area contributed by atoms with E-state index >= 15 is 0 Å². The topological polar surface area (TPSA) is 51.0 Å². The fourth-order valence-electron chi connectivity index (χ4n) is 1.85. The predicted octanol–water partition coefficient (Wildman–Crippen LogP) is 3.58. The van der Waals surface area contributed by atoms with Gasteiger partial charge < -0.3 is 9.73 Å². The van der Waals surface area contributed by atoms with Crippen molar-refractivity contribution >= 4 is 11.8 Å². The van der Waals surface area contributed by atoms with E-state index in [1.54, 1.807) is 6.92 Å². The summed E-state index contributed by atoms with van der Waals surface area (Å²) in [6.07, 6.45) is 0. The van der Waals surface area contributed by atoms with Crippen LogP contribution in [0.3, 0.4) is 0 Å². The van der Waals surface area contributed by atoms with E-state index in [1.165, 1.54) is 22.9 Å². The molecular weight excluding hydrogens is 270 g/mol. The standard InChI is InChI=1S/C15H21N3OS/c1-10(2)8-16-9-13-5-6-14(11(3)7-13)20-15-18-17-12(4)19-15/h5-7,10,16H,8-9H2,1-4H3. The molecule has 0 saturated heterocycles. The van der Waals surface area contributed by atoms with Gasteiger partial charge >= 0.3 is 0 Å². The summed E-state index contributed by atoms with van der Waals surface area (Å²) in [4.78, 5) is 1.15. The van der Waals surface area contributed by atoms with Gasteiger partial charge in [-0.3, -0.25) is 0 Å². The first-order valence-corrected chi connectivity index (χ1v) is 7.64. The zero-order valence-corrected chi connectivity index (χ0v) is 13.3. The number of aryl methyl sites for hydroxylation is 2. The number of nitrogens with zero attached hydrogens (tertiary/aromatic N) is 2. The Hall–Kier alpha value is -1.33. The van der Waals surface area contributed by atoms with Gasteiger partial charge in [0.1, 0.15) is 0 Å². The van der Waals surface area contributed by atoms with E-state index in [0.29, 0.717) is 17.0 Å². The first-order chi connectivity index (χ1) is 9.54. The molecule has 0 aliphatic carbocycles. The van der Waals surface area contributed by atoms with Gasteiger partial charge in [0.05, 0.1) is 0 Å². The molecule has 1 aromatic heterocycles. The fraction of sp³-hybridized carbons (Fsp3) is 0.467. The molecule has 0 amide bonds. The first kappa shape index (κ1) is 15.1. The quantitative estimate of drug-likeness (QED) is 0.881. The van der Waals surface area contributed by atoms with E-state index in [1.807, 2.05) is 0 Å². The highest BCUT2D eigenvalue weighted by Crippen LogP contribution is 2.29. The predicted molar refractivity (Wildman–Crippen MR) is 80.9 cm³/mol. The highest BCUT2D eigenvalue weighted by atomic mass is 32.2. The maximum Gasteiger partial charge on any atom is 0.281 e. The fourth-order valence-corrected chi connectivity index (χ4v) is 2.64. The second-order valence-electron chi connectivity index (χ2n) is 5.31. The number of aromatic nitrogens is 2. The molecule has 0 radical (unpaired) electrons. The lowest BCUT2D eigenvalue weighted by molar-refractivity contribution is 0.429. The smallest absolute Gasteiger partial charge is 0.281 e. The molecule has 1 aromatic carbocycles. The van der Waals surface area contributed by atoms with Gasteiger partial charge in [-0.05, 0) is 48.3 Å². The maximum absolute atomic E-state index is 5.39. The maximum atomic E-state index is 5.39. The Kier molecular flexibility index (Phi) is 5.20. The van der Waals surface area contributed by atoms with Crippen molar-refractivity contribution in [1.82, 2.24) is 15.5 Å². The van der Waals surface area contributed by atoms with Crippen LogP contribution in [-0.2, 0) is 6.54 Å². The zero-order chi connectivity index (χ0) is 14.5. The molecule has 1 N–H and O–H groups in total. The van der Waals surface area contributed by atoms with Gasteiger partial charge in [0.15, 0.2) is 0 Å². The van der Waals surface area contributed by atoms with E-state index < -0.39 is 0 Å². The molecule has 0 bridgehead atoms. The van der Waals surface area contributed by atoms with Crippen LogP contribution in [0.4, 0.5) is 0 Å². The van der Waals surface area contributed by atoms with Crippen molar-refractivity contribution < 1.29 is 4.42 Å². The summed E-state index contributed by atoms with van der Waals surface area (Å²) in [5, 5.41) is 11.9. The molecule has 0 spiro atoms. The number of nitrogens with one attached hydrogen (secondary N) is 1. The molecule has 20 heavy (non-hydrogen) atoms. The van der Waals surface area contributed by atoms with Crippen molar-refractivity contribution in [2.24, 2.45) is 5.92 Å². The van der Waals surface area contributed by atoms with Gasteiger partial charge in [-0.15, -0.1) is 10.2 Å². The Morgan fingerprint density at radius 2 is 2.05 bits per heavy atom. The van der Waals surface area contributed by atoms with Crippen LogP contribution in [-0.4, -0.2) is 16.7 Å². The van der Waals surface area contributed by atoms with Crippen LogP contribution >= 0.6 is 11.8 Å². The third-order valence-electron chi connectivity index (χ3n) is 2.83. The summed E-state index contributed by atoms with van der Waals surface area (Å²) < 4.78 is 5.39. The SMILES string of the molecule is Cc1nnc(Sc2ccc(CNCC(C)C)cc2C)o1. The van der Waals surface area contributed by atoms with Crippen LogP contribution in [0.2, 0.25) is 0 Å². The van der Waals surface area contributed by atoms with Crippen LogP contribution in [0.25, 0.3) is 0 Å². The molecule has 5 heteroatoms. The van der Waals surface area contributed by atoms with E-state index in [-0.39, 0.29) is 0 Å². The number of rotatable bonds is 6. The summed E-state index contributed by atoms with van der Waals surface area (Å²) in [6.45, 7) is 10.3. The minimum absolute atomic E-state index is 0.594. The number of benzene rings is 1. The summed E-state index contributed by atoms with van der Waals surface area (Å²) in [6, 6.07) is 6.47. The molecular formula is C15H21N3OS. The van der Waals surface area contributed by atoms with Crippen molar-refractivity contribution in [3.05, 3.63) is 35.2 Å². The van der Waals surface area contributed by atoms with Crippen molar-refractivity contribution in [3.63, 3.8) is 0 Å². The molecule has 0 saturated carbocycles. The van der Waals surface area contributed by atoms with Crippen LogP contribution < -0.4 is 5.32 Å². The Morgan fingerprint density at radius 1 is 1.25 bits per heavy atom. The summed E-state index contributed by atoms with van der Waals surface area (Å²) in [5.74, 6) is 1.27. The lowest BCUT2D eigenvalue weighted by Crippen LogP contribution is -2.18. The van der Waals surface area contributed by atoms with Crippen molar-refractivity contribution in [2.75, 3.05) is 6.54 Å². The summed E-state index contributed by atoms with van der Waals surface area (Å²) in [7, 11) is 0. The van der Waals surface area contributed by atoms with Gasteiger partial charge in [0.2, 0.25) is 5.89 Å². The highest BCUT2D eigenvalue weighted by molar-refractivity contribution is 7.99. The van der Waals surface area contributed by atoms with E-state index in [4.69, 9.17) is 4.42 Å². The Balaban J connectivity index is 1.98. The zero-order valence-electron chi connectivity index (χ0n) is 12.4. The molecule has 1 heterocycles. The number of hydrogen-bond donors (Lipinski definition) is 1. The lowest BCUT2D eigenvalue weighted by atomic mass is 10.1. The molecule has 0 fully saturated rings. The van der Waals surface area contributed by atoms with Gasteiger partial charge in [0, 0.05) is 18.4 Å². The molecule has 0 unspecified atom stereocenters. The molecule has 0 atom stereocenters. The van der Waals surface area contributed by atoms with E-state index in [2.05, 4.69) is 54.5 Å². The Bertz CT molecular complexity index is 566. The summed E-state index contributed by atoms with van der Waals surface area (Å²) >= 11 is 1.51. The average Bonchev–Trinajstić information content (AvgIpc) is 2.78. The molecule has 2 rings (SSSR count). The first-order valence-electron chi connectivity index (χ1n) is 6.83. The van der Waals surface area contributed by atoms with Crippen LogP contribution in [0.15, 0.2) is 32.7 Å². The third kappa shape index (κ3) is 4.35. The molecule has 2 aromatic rings. The lowest BCUT2D eigenvalue weighted by Gasteiger charge is -2.09. The van der Waals surface area contributed by atoms with Crippen LogP contribution in [0, 0.1) is 19.8 Å². The second-order valence-corrected chi connectivity index (χ2v) is 6.31. The monoisotopic (exact) mass is 291 g/mol. The van der Waals surface area contributed by atoms with E-state index in [9.17, 15) is 0 Å². The van der Waals surface area contributed by atoms with Gasteiger partial charge in [-0.1, -0.05) is 26.0 Å². The Labute approximate surface area is 124 Å². The van der Waals surface area contributed by atoms with Gasteiger partial charge in [-0.2, -0.15) is 0 Å².